The largest absolute Gasteiger partial charge is 0.489 e. The number of ether oxygens (including phenoxy) is 1. The van der Waals surface area contributed by atoms with Crippen LogP contribution in [0.2, 0.25) is 0 Å². The molecule has 0 aliphatic rings. The molecule has 1 unspecified atom stereocenters. The van der Waals surface area contributed by atoms with Gasteiger partial charge in [-0.25, -0.2) is 9.53 Å². The first-order chi connectivity index (χ1) is 19.0. The van der Waals surface area contributed by atoms with Gasteiger partial charge in [-0.3, -0.25) is 4.79 Å². The zero-order chi connectivity index (χ0) is 27.2. The molecule has 4 aromatic carbocycles. The van der Waals surface area contributed by atoms with Crippen molar-refractivity contribution in [1.82, 2.24) is 9.78 Å². The maximum Gasteiger partial charge on any atom is 0.274 e. The molecule has 1 amide bonds. The maximum absolute atomic E-state index is 13.2. The van der Waals surface area contributed by atoms with Crippen molar-refractivity contribution < 1.29 is 14.6 Å². The van der Waals surface area contributed by atoms with Crippen molar-refractivity contribution in [2.45, 2.75) is 19.6 Å². The van der Waals surface area contributed by atoms with Crippen LogP contribution in [-0.2, 0) is 6.61 Å². The third-order valence-corrected chi connectivity index (χ3v) is 6.15. The van der Waals surface area contributed by atoms with Crippen molar-refractivity contribution in [2.24, 2.45) is 0 Å². The lowest BCUT2D eigenvalue weighted by Gasteiger charge is -2.15. The number of amides is 1. The van der Waals surface area contributed by atoms with Crippen molar-refractivity contribution >= 4 is 17.3 Å². The lowest BCUT2D eigenvalue weighted by atomic mass is 10.0. The Hall–Kier alpha value is -5.19. The Bertz CT molecular complexity index is 1650. The first-order valence-corrected chi connectivity index (χ1v) is 12.4. The number of carbonyl (C=O) groups is 1. The van der Waals surface area contributed by atoms with Crippen LogP contribution < -0.4 is 10.1 Å². The molecule has 39 heavy (non-hydrogen) atoms. The van der Waals surface area contributed by atoms with Crippen LogP contribution in [0.15, 0.2) is 109 Å². The molecular weight excluding hydrogens is 488 g/mol. The fourth-order valence-corrected chi connectivity index (χ4v) is 4.24. The SMILES string of the molecule is [C-]#[N+]c1cccc(-n2nc(C)cc2C(=O)Nc2cccc(C(O)c3cccc(OCc4ccccc4)c3)c2)c1. The molecule has 192 valence electrons. The predicted molar refractivity (Wildman–Crippen MR) is 150 cm³/mol. The summed E-state index contributed by atoms with van der Waals surface area (Å²) in [5.74, 6) is 0.303. The van der Waals surface area contributed by atoms with Crippen molar-refractivity contribution in [3.63, 3.8) is 0 Å². The van der Waals surface area contributed by atoms with Crippen LogP contribution in [0.1, 0.15) is 39.0 Å². The number of rotatable bonds is 8. The minimum absolute atomic E-state index is 0.337. The summed E-state index contributed by atoms with van der Waals surface area (Å²) in [5.41, 5.74) is 5.00. The van der Waals surface area contributed by atoms with E-state index < -0.39 is 6.10 Å². The zero-order valence-corrected chi connectivity index (χ0v) is 21.3. The van der Waals surface area contributed by atoms with Gasteiger partial charge in [0.05, 0.1) is 18.0 Å². The highest BCUT2D eigenvalue weighted by Gasteiger charge is 2.17. The number of nitrogens with one attached hydrogen (secondary N) is 1. The fraction of sp³-hybridized carbons (Fsp3) is 0.0938. The lowest BCUT2D eigenvalue weighted by molar-refractivity contribution is 0.101. The summed E-state index contributed by atoms with van der Waals surface area (Å²) in [4.78, 5) is 16.7. The maximum atomic E-state index is 13.2. The minimum Gasteiger partial charge on any atom is -0.489 e. The molecule has 7 heteroatoms. The number of benzene rings is 4. The molecule has 1 heterocycles. The molecule has 0 spiro atoms. The smallest absolute Gasteiger partial charge is 0.274 e. The summed E-state index contributed by atoms with van der Waals surface area (Å²) in [7, 11) is 0. The summed E-state index contributed by atoms with van der Waals surface area (Å²) in [5, 5.41) is 18.5. The monoisotopic (exact) mass is 514 g/mol. The summed E-state index contributed by atoms with van der Waals surface area (Å²) >= 11 is 0. The molecule has 0 aliphatic heterocycles. The normalized spacial score (nSPS) is 11.4. The molecule has 0 saturated carbocycles. The van der Waals surface area contributed by atoms with Gasteiger partial charge < -0.3 is 15.2 Å². The van der Waals surface area contributed by atoms with Gasteiger partial charge in [0.25, 0.3) is 5.91 Å². The predicted octanol–water partition coefficient (Wildman–Crippen LogP) is 6.64. The van der Waals surface area contributed by atoms with E-state index in [-0.39, 0.29) is 5.91 Å². The molecule has 1 aromatic heterocycles. The Morgan fingerprint density at radius 1 is 0.949 bits per heavy atom. The van der Waals surface area contributed by atoms with E-state index in [2.05, 4.69) is 15.3 Å². The summed E-state index contributed by atoms with van der Waals surface area (Å²) in [6.07, 6.45) is -0.911. The highest BCUT2D eigenvalue weighted by Crippen LogP contribution is 2.28. The van der Waals surface area contributed by atoms with Gasteiger partial charge >= 0.3 is 0 Å². The molecule has 7 nitrogen and oxygen atoms in total. The van der Waals surface area contributed by atoms with E-state index in [4.69, 9.17) is 11.3 Å². The third-order valence-electron chi connectivity index (χ3n) is 6.15. The molecule has 0 saturated heterocycles. The molecule has 0 bridgehead atoms. The number of aliphatic hydroxyl groups excluding tert-OH is 1. The quantitative estimate of drug-likeness (QED) is 0.227. The fourth-order valence-electron chi connectivity index (χ4n) is 4.24. The Labute approximate surface area is 226 Å². The van der Waals surface area contributed by atoms with Gasteiger partial charge in [0.1, 0.15) is 24.2 Å². The van der Waals surface area contributed by atoms with Crippen molar-refractivity contribution in [1.29, 1.82) is 0 Å². The van der Waals surface area contributed by atoms with Gasteiger partial charge in [0.15, 0.2) is 5.69 Å². The van der Waals surface area contributed by atoms with Crippen molar-refractivity contribution in [3.05, 3.63) is 149 Å². The first kappa shape index (κ1) is 25.5. The summed E-state index contributed by atoms with van der Waals surface area (Å²) < 4.78 is 7.44. The second kappa shape index (κ2) is 11.5. The molecule has 0 aliphatic carbocycles. The van der Waals surface area contributed by atoms with Crippen LogP contribution in [0.5, 0.6) is 5.75 Å². The number of carbonyl (C=O) groups excluding carboxylic acids is 1. The number of hydrogen-bond donors (Lipinski definition) is 2. The number of hydrogen-bond acceptors (Lipinski definition) is 4. The van der Waals surface area contributed by atoms with Crippen LogP contribution in [0.3, 0.4) is 0 Å². The van der Waals surface area contributed by atoms with E-state index in [9.17, 15) is 9.90 Å². The zero-order valence-electron chi connectivity index (χ0n) is 21.3. The molecule has 2 N–H and O–H groups in total. The summed E-state index contributed by atoms with van der Waals surface area (Å²) in [6, 6.07) is 33.0. The van der Waals surface area contributed by atoms with Gasteiger partial charge in [-0.15, -0.1) is 0 Å². The number of anilines is 1. The number of aryl methyl sites for hydroxylation is 1. The minimum atomic E-state index is -0.911. The Morgan fingerprint density at radius 2 is 1.69 bits per heavy atom. The van der Waals surface area contributed by atoms with Gasteiger partial charge in [-0.05, 0) is 66.1 Å². The second-order valence-electron chi connectivity index (χ2n) is 9.04. The number of aliphatic hydroxyl groups is 1. The molecule has 0 radical (unpaired) electrons. The highest BCUT2D eigenvalue weighted by molar-refractivity contribution is 6.03. The van der Waals surface area contributed by atoms with Crippen molar-refractivity contribution in [2.75, 3.05) is 5.32 Å². The van der Waals surface area contributed by atoms with Crippen LogP contribution in [0.25, 0.3) is 10.5 Å². The Morgan fingerprint density at radius 3 is 2.49 bits per heavy atom. The van der Waals surface area contributed by atoms with Crippen LogP contribution in [-0.4, -0.2) is 20.8 Å². The lowest BCUT2D eigenvalue weighted by Crippen LogP contribution is -2.17. The first-order valence-electron chi connectivity index (χ1n) is 12.4. The van der Waals surface area contributed by atoms with Crippen LogP contribution in [0.4, 0.5) is 11.4 Å². The third kappa shape index (κ3) is 6.04. The van der Waals surface area contributed by atoms with Crippen molar-refractivity contribution in [3.8, 4) is 11.4 Å². The topological polar surface area (TPSA) is 80.7 Å². The standard InChI is InChI=1S/C32H26N4O3/c1-22-17-30(36(35-22)28-15-8-13-26(20-28)33-2)32(38)34-27-14-6-11-24(18-27)31(37)25-12-7-16-29(19-25)39-21-23-9-4-3-5-10-23/h3-20,31,37H,21H2,1H3,(H,34,38). The van der Waals surface area contributed by atoms with Gasteiger partial charge in [-0.1, -0.05) is 66.7 Å². The molecule has 0 fully saturated rings. The summed E-state index contributed by atoms with van der Waals surface area (Å²) in [6.45, 7) is 9.51. The van der Waals surface area contributed by atoms with E-state index in [0.717, 1.165) is 5.56 Å². The van der Waals surface area contributed by atoms with Gasteiger partial charge in [0, 0.05) is 5.69 Å². The Kier molecular flexibility index (Phi) is 7.48. The van der Waals surface area contributed by atoms with E-state index >= 15 is 0 Å². The van der Waals surface area contributed by atoms with Gasteiger partial charge in [-0.2, -0.15) is 5.10 Å². The molecular formula is C32H26N4O3. The van der Waals surface area contributed by atoms with E-state index in [1.807, 2.05) is 60.7 Å². The average molecular weight is 515 g/mol. The number of aromatic nitrogens is 2. The van der Waals surface area contributed by atoms with Crippen LogP contribution in [0, 0.1) is 13.5 Å². The van der Waals surface area contributed by atoms with E-state index in [1.165, 1.54) is 4.68 Å². The second-order valence-corrected chi connectivity index (χ2v) is 9.04. The van der Waals surface area contributed by atoms with E-state index in [0.29, 0.717) is 51.9 Å². The molecule has 1 atom stereocenters. The van der Waals surface area contributed by atoms with E-state index in [1.54, 1.807) is 55.5 Å². The number of nitrogens with zero attached hydrogens (tertiary/aromatic N) is 3. The highest BCUT2D eigenvalue weighted by atomic mass is 16.5. The Balaban J connectivity index is 1.32. The van der Waals surface area contributed by atoms with Crippen LogP contribution >= 0.6 is 0 Å². The average Bonchev–Trinajstić information content (AvgIpc) is 3.38. The van der Waals surface area contributed by atoms with Gasteiger partial charge in [0.2, 0.25) is 0 Å². The molecule has 5 aromatic rings. The molecule has 5 rings (SSSR count).